The standard InChI is InChI=1S/C13H19N3OS/c1-9-7-18-11(15-9)10(17)16-13-4-2-3-12(14,8-13)5-6-13/h7H,2-6,8,14H2,1H3,(H,16,17)/t12-,13+/m0/s1. The van der Waals surface area contributed by atoms with Crippen molar-refractivity contribution in [1.82, 2.24) is 10.3 Å². The number of nitrogens with two attached hydrogens (primary N) is 1. The Morgan fingerprint density at radius 3 is 3.00 bits per heavy atom. The van der Waals surface area contributed by atoms with Crippen molar-refractivity contribution < 1.29 is 4.79 Å². The molecule has 2 aliphatic carbocycles. The highest BCUT2D eigenvalue weighted by molar-refractivity contribution is 7.11. The molecule has 98 valence electrons. The molecule has 0 radical (unpaired) electrons. The number of aryl methyl sites for hydroxylation is 1. The van der Waals surface area contributed by atoms with E-state index in [2.05, 4.69) is 10.3 Å². The highest BCUT2D eigenvalue weighted by Crippen LogP contribution is 2.46. The smallest absolute Gasteiger partial charge is 0.280 e. The lowest BCUT2D eigenvalue weighted by Gasteiger charge is -2.37. The minimum absolute atomic E-state index is 0.0285. The summed E-state index contributed by atoms with van der Waals surface area (Å²) in [5, 5.41) is 5.69. The van der Waals surface area contributed by atoms with Crippen LogP contribution in [0.15, 0.2) is 5.38 Å². The molecular formula is C13H19N3OS. The van der Waals surface area contributed by atoms with Gasteiger partial charge in [-0.3, -0.25) is 4.79 Å². The Hall–Kier alpha value is -0.940. The Kier molecular flexibility index (Phi) is 2.71. The van der Waals surface area contributed by atoms with Crippen molar-refractivity contribution in [1.29, 1.82) is 0 Å². The number of thiazole rings is 1. The normalized spacial score (nSPS) is 34.6. The summed E-state index contributed by atoms with van der Waals surface area (Å²) in [7, 11) is 0. The molecule has 0 saturated heterocycles. The Balaban J connectivity index is 1.75. The van der Waals surface area contributed by atoms with Gasteiger partial charge in [0.05, 0.1) is 0 Å². The van der Waals surface area contributed by atoms with E-state index in [0.717, 1.165) is 44.2 Å². The van der Waals surface area contributed by atoms with Crippen LogP contribution in [0.5, 0.6) is 0 Å². The van der Waals surface area contributed by atoms with Gasteiger partial charge < -0.3 is 11.1 Å². The molecule has 0 aromatic carbocycles. The van der Waals surface area contributed by atoms with Gasteiger partial charge in [-0.25, -0.2) is 4.98 Å². The van der Waals surface area contributed by atoms with Gasteiger partial charge in [0.1, 0.15) is 0 Å². The van der Waals surface area contributed by atoms with Gasteiger partial charge in [-0.05, 0) is 45.4 Å². The van der Waals surface area contributed by atoms with Gasteiger partial charge >= 0.3 is 0 Å². The molecule has 2 fully saturated rings. The third kappa shape index (κ3) is 2.06. The maximum Gasteiger partial charge on any atom is 0.280 e. The van der Waals surface area contributed by atoms with E-state index >= 15 is 0 Å². The van der Waals surface area contributed by atoms with Gasteiger partial charge in [-0.1, -0.05) is 0 Å². The summed E-state index contributed by atoms with van der Waals surface area (Å²) in [6.45, 7) is 1.91. The molecule has 0 spiro atoms. The first kappa shape index (κ1) is 12.1. The van der Waals surface area contributed by atoms with E-state index in [9.17, 15) is 4.79 Å². The minimum Gasteiger partial charge on any atom is -0.344 e. The average Bonchev–Trinajstić information content (AvgIpc) is 2.82. The van der Waals surface area contributed by atoms with Crippen molar-refractivity contribution in [2.24, 2.45) is 5.73 Å². The second-order valence-corrected chi connectivity index (χ2v) is 6.78. The van der Waals surface area contributed by atoms with E-state index in [0.29, 0.717) is 5.01 Å². The number of fused-ring (bicyclic) bond motifs is 2. The summed E-state index contributed by atoms with van der Waals surface area (Å²) >= 11 is 1.41. The Bertz CT molecular complexity index is 486. The highest BCUT2D eigenvalue weighted by Gasteiger charge is 2.49. The number of hydrogen-bond donors (Lipinski definition) is 2. The topological polar surface area (TPSA) is 68.0 Å². The molecule has 2 aliphatic rings. The van der Waals surface area contributed by atoms with Gasteiger partial charge in [0, 0.05) is 22.2 Å². The minimum atomic E-state index is -0.0658. The van der Waals surface area contributed by atoms with Crippen molar-refractivity contribution >= 4 is 17.2 Å². The Labute approximate surface area is 111 Å². The molecule has 0 aliphatic heterocycles. The van der Waals surface area contributed by atoms with Crippen LogP contribution in [-0.2, 0) is 0 Å². The molecule has 4 nitrogen and oxygen atoms in total. The summed E-state index contributed by atoms with van der Waals surface area (Å²) < 4.78 is 0. The maximum absolute atomic E-state index is 12.2. The largest absolute Gasteiger partial charge is 0.344 e. The fourth-order valence-corrected chi connectivity index (χ4v) is 4.16. The van der Waals surface area contributed by atoms with Crippen LogP contribution in [-0.4, -0.2) is 22.0 Å². The van der Waals surface area contributed by atoms with Crippen molar-refractivity contribution in [3.8, 4) is 0 Å². The summed E-state index contributed by atoms with van der Waals surface area (Å²) in [5.41, 5.74) is 7.14. The molecule has 1 heterocycles. The lowest BCUT2D eigenvalue weighted by molar-refractivity contribution is 0.0876. The second kappa shape index (κ2) is 4.03. The zero-order chi connectivity index (χ0) is 12.8. The molecule has 1 amide bonds. The molecule has 3 N–H and O–H groups in total. The molecular weight excluding hydrogens is 246 g/mol. The lowest BCUT2D eigenvalue weighted by Crippen LogP contribution is -2.52. The van der Waals surface area contributed by atoms with Gasteiger partial charge in [-0.15, -0.1) is 11.3 Å². The summed E-state index contributed by atoms with van der Waals surface area (Å²) in [6, 6.07) is 0. The number of aromatic nitrogens is 1. The molecule has 2 atom stereocenters. The maximum atomic E-state index is 12.2. The molecule has 2 bridgehead atoms. The molecule has 1 aromatic rings. The van der Waals surface area contributed by atoms with Gasteiger partial charge in [0.15, 0.2) is 5.01 Å². The fourth-order valence-electron chi connectivity index (χ4n) is 3.47. The number of nitrogens with one attached hydrogen (secondary N) is 1. The first-order valence-corrected chi connectivity index (χ1v) is 7.42. The van der Waals surface area contributed by atoms with Gasteiger partial charge in [0.2, 0.25) is 0 Å². The van der Waals surface area contributed by atoms with Crippen LogP contribution in [0.1, 0.15) is 54.0 Å². The molecule has 3 rings (SSSR count). The zero-order valence-corrected chi connectivity index (χ0v) is 11.5. The van der Waals surface area contributed by atoms with Crippen molar-refractivity contribution in [3.05, 3.63) is 16.1 Å². The second-order valence-electron chi connectivity index (χ2n) is 5.92. The molecule has 2 saturated carbocycles. The van der Waals surface area contributed by atoms with E-state index in [1.54, 1.807) is 0 Å². The van der Waals surface area contributed by atoms with E-state index in [4.69, 9.17) is 5.73 Å². The van der Waals surface area contributed by atoms with Crippen LogP contribution in [0.3, 0.4) is 0 Å². The van der Waals surface area contributed by atoms with Crippen LogP contribution < -0.4 is 11.1 Å². The van der Waals surface area contributed by atoms with Crippen molar-refractivity contribution in [2.45, 2.75) is 56.5 Å². The predicted octanol–water partition coefficient (Wildman–Crippen LogP) is 1.99. The van der Waals surface area contributed by atoms with Crippen LogP contribution in [0, 0.1) is 6.92 Å². The number of amides is 1. The van der Waals surface area contributed by atoms with Crippen molar-refractivity contribution in [3.63, 3.8) is 0 Å². The lowest BCUT2D eigenvalue weighted by atomic mass is 9.79. The van der Waals surface area contributed by atoms with E-state index in [-0.39, 0.29) is 17.0 Å². The van der Waals surface area contributed by atoms with Gasteiger partial charge in [0.25, 0.3) is 5.91 Å². The zero-order valence-electron chi connectivity index (χ0n) is 10.7. The van der Waals surface area contributed by atoms with E-state index in [1.165, 1.54) is 11.3 Å². The summed E-state index contributed by atoms with van der Waals surface area (Å²) in [4.78, 5) is 16.5. The summed E-state index contributed by atoms with van der Waals surface area (Å²) in [5.74, 6) is -0.0285. The van der Waals surface area contributed by atoms with Crippen LogP contribution in [0.25, 0.3) is 0 Å². The number of hydrogen-bond acceptors (Lipinski definition) is 4. The van der Waals surface area contributed by atoms with Crippen LogP contribution in [0.4, 0.5) is 0 Å². The highest BCUT2D eigenvalue weighted by atomic mass is 32.1. The van der Waals surface area contributed by atoms with E-state index in [1.807, 2.05) is 12.3 Å². The summed E-state index contributed by atoms with van der Waals surface area (Å²) in [6.07, 6.45) is 6.25. The number of rotatable bonds is 2. The fraction of sp³-hybridized carbons (Fsp3) is 0.692. The quantitative estimate of drug-likeness (QED) is 0.859. The average molecular weight is 265 g/mol. The first-order valence-electron chi connectivity index (χ1n) is 6.54. The predicted molar refractivity (Wildman–Crippen MR) is 71.7 cm³/mol. The number of carbonyl (C=O) groups is 1. The SMILES string of the molecule is Cc1csc(C(=O)N[C@]23CCC[C@](N)(CC2)C3)n1. The van der Waals surface area contributed by atoms with Crippen LogP contribution in [0.2, 0.25) is 0 Å². The molecule has 5 heteroatoms. The Morgan fingerprint density at radius 1 is 1.44 bits per heavy atom. The molecule has 0 unspecified atom stereocenters. The number of carbonyl (C=O) groups excluding carboxylic acids is 1. The first-order chi connectivity index (χ1) is 8.50. The van der Waals surface area contributed by atoms with E-state index < -0.39 is 0 Å². The van der Waals surface area contributed by atoms with Crippen LogP contribution >= 0.6 is 11.3 Å². The molecule has 18 heavy (non-hydrogen) atoms. The third-order valence-electron chi connectivity index (χ3n) is 4.31. The molecule has 1 aromatic heterocycles. The Morgan fingerprint density at radius 2 is 2.28 bits per heavy atom. The monoisotopic (exact) mass is 265 g/mol. The van der Waals surface area contributed by atoms with Crippen molar-refractivity contribution in [2.75, 3.05) is 0 Å². The van der Waals surface area contributed by atoms with Gasteiger partial charge in [-0.2, -0.15) is 0 Å². The third-order valence-corrected chi connectivity index (χ3v) is 5.27. The number of nitrogens with zero attached hydrogens (tertiary/aromatic N) is 1.